The van der Waals surface area contributed by atoms with Crippen LogP contribution in [0, 0.1) is 5.41 Å². The summed E-state index contributed by atoms with van der Waals surface area (Å²) < 4.78 is 15.3. The Labute approximate surface area is 316 Å². The van der Waals surface area contributed by atoms with Gasteiger partial charge in [0.1, 0.15) is 6.61 Å². The van der Waals surface area contributed by atoms with Crippen molar-refractivity contribution in [2.75, 3.05) is 17.4 Å². The monoisotopic (exact) mass is 732 g/mol. The van der Waals surface area contributed by atoms with Crippen LogP contribution < -0.4 is 16.0 Å². The molecule has 1 aromatic heterocycles. The number of aromatic nitrogens is 1. The second-order valence-electron chi connectivity index (χ2n) is 13.5. The first kappa shape index (κ1) is 40.5. The molecule has 1 heterocycles. The average molecular weight is 733 g/mol. The number of pyridine rings is 1. The minimum absolute atomic E-state index is 0.102. The maximum atomic E-state index is 13.0. The quantitative estimate of drug-likeness (QED) is 0.0644. The molecule has 0 saturated carbocycles. The van der Waals surface area contributed by atoms with Crippen LogP contribution in [0.4, 0.5) is 21.0 Å². The van der Waals surface area contributed by atoms with Crippen molar-refractivity contribution in [1.82, 2.24) is 10.3 Å². The van der Waals surface area contributed by atoms with E-state index in [1.54, 1.807) is 86.1 Å². The Morgan fingerprint density at radius 2 is 1.57 bits per heavy atom. The number of alkyl carbamates (subject to hydrolysis) is 1. The van der Waals surface area contributed by atoms with Gasteiger partial charge >= 0.3 is 18.2 Å². The van der Waals surface area contributed by atoms with E-state index in [1.807, 2.05) is 19.1 Å². The smallest absolute Gasteiger partial charge is 0.414 e. The number of allylic oxidation sites excluding steroid dienone is 9. The molecule has 2 aromatic carbocycles. The Balaban J connectivity index is 1.19. The van der Waals surface area contributed by atoms with Crippen LogP contribution in [0.25, 0.3) is 0 Å². The van der Waals surface area contributed by atoms with Crippen molar-refractivity contribution < 1.29 is 33.4 Å². The van der Waals surface area contributed by atoms with Crippen LogP contribution in [-0.2, 0) is 32.2 Å². The van der Waals surface area contributed by atoms with Crippen LogP contribution in [0.1, 0.15) is 75.4 Å². The number of benzene rings is 2. The minimum atomic E-state index is -0.878. The lowest BCUT2D eigenvalue weighted by atomic mass is 9.72. The molecule has 282 valence electrons. The van der Waals surface area contributed by atoms with Gasteiger partial charge in [0.15, 0.2) is 0 Å². The van der Waals surface area contributed by atoms with E-state index in [0.717, 1.165) is 23.1 Å². The maximum Gasteiger partial charge on any atom is 0.414 e. The van der Waals surface area contributed by atoms with Crippen molar-refractivity contribution in [2.24, 2.45) is 5.41 Å². The molecule has 0 aliphatic heterocycles. The van der Waals surface area contributed by atoms with Crippen LogP contribution in [0.15, 0.2) is 132 Å². The van der Waals surface area contributed by atoms with Crippen molar-refractivity contribution in [3.63, 3.8) is 0 Å². The van der Waals surface area contributed by atoms with Crippen LogP contribution in [0.3, 0.4) is 0 Å². The first-order chi connectivity index (χ1) is 25.9. The van der Waals surface area contributed by atoms with Crippen molar-refractivity contribution >= 4 is 35.4 Å². The summed E-state index contributed by atoms with van der Waals surface area (Å²) in [5, 5.41) is 7.98. The van der Waals surface area contributed by atoms with E-state index in [9.17, 15) is 19.2 Å². The van der Waals surface area contributed by atoms with Gasteiger partial charge in [-0.2, -0.15) is 0 Å². The van der Waals surface area contributed by atoms with Gasteiger partial charge in [-0.25, -0.2) is 14.4 Å². The highest BCUT2D eigenvalue weighted by atomic mass is 16.7. The largest absolute Gasteiger partial charge is 0.445 e. The topological polar surface area (TPSA) is 145 Å². The third-order valence-electron chi connectivity index (χ3n) is 8.67. The third kappa shape index (κ3) is 13.4. The third-order valence-corrected chi connectivity index (χ3v) is 8.67. The number of rotatable bonds is 14. The number of esters is 1. The first-order valence-electron chi connectivity index (χ1n) is 17.7. The molecule has 0 bridgehead atoms. The molecule has 0 saturated heterocycles. The summed E-state index contributed by atoms with van der Waals surface area (Å²) in [4.78, 5) is 53.8. The van der Waals surface area contributed by atoms with Crippen molar-refractivity contribution in [1.29, 1.82) is 0 Å². The van der Waals surface area contributed by atoms with E-state index in [1.165, 1.54) is 30.1 Å². The van der Waals surface area contributed by atoms with Gasteiger partial charge in [0.05, 0.1) is 11.4 Å². The van der Waals surface area contributed by atoms with E-state index in [0.29, 0.717) is 16.8 Å². The second-order valence-corrected chi connectivity index (χ2v) is 13.5. The Morgan fingerprint density at radius 1 is 0.833 bits per heavy atom. The second kappa shape index (κ2) is 20.1. The number of amides is 3. The zero-order valence-electron chi connectivity index (χ0n) is 31.4. The molecule has 4 rings (SSSR count). The number of carbonyl (C=O) groups excluding carboxylic acids is 4. The van der Waals surface area contributed by atoms with E-state index in [2.05, 4.69) is 53.9 Å². The highest BCUT2D eigenvalue weighted by Crippen LogP contribution is 2.40. The Hall–Kier alpha value is -6.23. The molecule has 0 radical (unpaired) electrons. The van der Waals surface area contributed by atoms with Gasteiger partial charge in [0.25, 0.3) is 5.91 Å². The molecule has 0 unspecified atom stereocenters. The van der Waals surface area contributed by atoms with Crippen molar-refractivity contribution in [3.05, 3.63) is 148 Å². The van der Waals surface area contributed by atoms with Gasteiger partial charge in [0, 0.05) is 36.1 Å². The molecular weight excluding hydrogens is 684 g/mol. The maximum absolute atomic E-state index is 13.0. The van der Waals surface area contributed by atoms with Crippen molar-refractivity contribution in [2.45, 2.75) is 67.0 Å². The lowest BCUT2D eigenvalue weighted by molar-refractivity contribution is -0.145. The Kier molecular flexibility index (Phi) is 15.1. The molecule has 11 heteroatoms. The fourth-order valence-electron chi connectivity index (χ4n) is 5.72. The van der Waals surface area contributed by atoms with E-state index in [4.69, 9.17) is 14.2 Å². The fraction of sp³-hybridized carbons (Fsp3) is 0.279. The first-order valence-corrected chi connectivity index (χ1v) is 17.7. The minimum Gasteiger partial charge on any atom is -0.445 e. The lowest BCUT2D eigenvalue weighted by Crippen LogP contribution is -2.23. The van der Waals surface area contributed by atoms with Gasteiger partial charge in [-0.3, -0.25) is 15.1 Å². The predicted octanol–water partition coefficient (Wildman–Crippen LogP) is 9.34. The van der Waals surface area contributed by atoms with E-state index >= 15 is 0 Å². The summed E-state index contributed by atoms with van der Waals surface area (Å²) in [6, 6.07) is 16.8. The molecule has 3 N–H and O–H groups in total. The number of carbonyl (C=O) groups is 4. The molecule has 0 spiro atoms. The summed E-state index contributed by atoms with van der Waals surface area (Å²) in [6.07, 6.45) is 16.6. The molecule has 3 aromatic rings. The number of hydrogen-bond acceptors (Lipinski definition) is 8. The van der Waals surface area contributed by atoms with E-state index in [-0.39, 0.29) is 24.3 Å². The van der Waals surface area contributed by atoms with Crippen molar-refractivity contribution in [3.8, 4) is 0 Å². The van der Waals surface area contributed by atoms with E-state index < -0.39 is 30.9 Å². The molecule has 1 aliphatic rings. The zero-order chi connectivity index (χ0) is 38.9. The summed E-state index contributed by atoms with van der Waals surface area (Å²) in [6.45, 7) is 10.3. The fourth-order valence-corrected chi connectivity index (χ4v) is 5.72. The number of hydrogen-bond donors (Lipinski definition) is 3. The number of ether oxygens (including phenoxy) is 3. The molecule has 11 nitrogen and oxygen atoms in total. The van der Waals surface area contributed by atoms with Gasteiger partial charge in [-0.15, -0.1) is 0 Å². The normalized spacial score (nSPS) is 14.5. The molecule has 0 fully saturated rings. The highest BCUT2D eigenvalue weighted by Gasteiger charge is 2.26. The molecular formula is C43H48N4O7. The number of nitrogens with one attached hydrogen (secondary N) is 3. The molecule has 54 heavy (non-hydrogen) atoms. The number of anilines is 2. The lowest BCUT2D eigenvalue weighted by Gasteiger charge is -2.32. The standard InChI is InChI=1S/C43H48N4O7/c1-30(17-22-36-32(3)13-9-23-43(36,4)5)11-8-12-31(2)25-39(48)53-29-54-42(51)47-38-16-7-6-15-37(38)46-40(49)35-20-18-33(19-21-35)27-45-41(50)52-28-34-14-10-24-44-26-34/h6-8,10-12,14-22,24-26H,9,13,23,27-29H2,1-5H3,(H,45,50)(H,46,49)(H,47,51)/b12-8+,22-17+,30-11+,31-25+. The number of para-hydroxylation sites is 2. The van der Waals surface area contributed by atoms with Crippen LogP contribution in [0.2, 0.25) is 0 Å². The summed E-state index contributed by atoms with van der Waals surface area (Å²) >= 11 is 0. The molecule has 0 atom stereocenters. The number of nitrogens with zero attached hydrogens (tertiary/aromatic N) is 1. The van der Waals surface area contributed by atoms with Crippen LogP contribution in [-0.4, -0.2) is 35.8 Å². The van der Waals surface area contributed by atoms with Gasteiger partial charge in [0.2, 0.25) is 6.79 Å². The molecule has 3 amide bonds. The summed E-state index contributed by atoms with van der Waals surface area (Å²) in [5.41, 5.74) is 7.28. The van der Waals surface area contributed by atoms with Gasteiger partial charge in [-0.05, 0) is 92.5 Å². The zero-order valence-corrected chi connectivity index (χ0v) is 31.4. The van der Waals surface area contributed by atoms with Crippen LogP contribution in [0.5, 0.6) is 0 Å². The predicted molar refractivity (Wildman–Crippen MR) is 209 cm³/mol. The van der Waals surface area contributed by atoms with Gasteiger partial charge < -0.3 is 24.8 Å². The average Bonchev–Trinajstić information content (AvgIpc) is 3.14. The Bertz CT molecular complexity index is 1940. The molecule has 1 aliphatic carbocycles. The van der Waals surface area contributed by atoms with Crippen LogP contribution >= 0.6 is 0 Å². The SMILES string of the molecule is CC1=C(/C=C/C(C)=C/C=C/C(C)=C/C(=O)OCOC(=O)Nc2ccccc2NC(=O)c2ccc(CNC(=O)OCc3cccnc3)cc2)C(C)(C)CCC1. The summed E-state index contributed by atoms with van der Waals surface area (Å²) in [5.74, 6) is -1.08. The van der Waals surface area contributed by atoms with Gasteiger partial charge in [-0.1, -0.05) is 85.7 Å². The highest BCUT2D eigenvalue weighted by molar-refractivity contribution is 6.06. The Morgan fingerprint density at radius 3 is 2.28 bits per heavy atom. The summed E-state index contributed by atoms with van der Waals surface area (Å²) in [7, 11) is 0.